The molecule has 1 saturated heterocycles. The van der Waals surface area contributed by atoms with Crippen LogP contribution in [0, 0.1) is 5.92 Å². The van der Waals surface area contributed by atoms with Crippen molar-refractivity contribution in [3.8, 4) is 0 Å². The van der Waals surface area contributed by atoms with Crippen molar-refractivity contribution in [2.24, 2.45) is 5.92 Å². The Hall–Kier alpha value is -1.06. The molecule has 0 atom stereocenters. The second kappa shape index (κ2) is 5.32. The molecule has 0 aromatic carbocycles. The first-order valence-corrected chi connectivity index (χ1v) is 5.95. The summed E-state index contributed by atoms with van der Waals surface area (Å²) in [5.74, 6) is 0.402. The first kappa shape index (κ1) is 13.0. The van der Waals surface area contributed by atoms with E-state index in [1.807, 2.05) is 25.8 Å². The summed E-state index contributed by atoms with van der Waals surface area (Å²) in [6.45, 7) is 7.00. The summed E-state index contributed by atoms with van der Waals surface area (Å²) in [6, 6.07) is 0.300. The maximum atomic E-state index is 11.8. The number of hydrogen-bond acceptors (Lipinski definition) is 2. The number of amides is 2. The van der Waals surface area contributed by atoms with Crippen LogP contribution in [0.4, 0.5) is 0 Å². The number of hydrogen-bond donors (Lipinski definition) is 0. The molecule has 0 N–H and O–H groups in total. The molecule has 1 rings (SSSR count). The van der Waals surface area contributed by atoms with Crippen molar-refractivity contribution >= 4 is 11.8 Å². The van der Waals surface area contributed by atoms with Crippen molar-refractivity contribution in [1.82, 2.24) is 9.80 Å². The molecule has 92 valence electrons. The van der Waals surface area contributed by atoms with Gasteiger partial charge in [0.15, 0.2) is 0 Å². The summed E-state index contributed by atoms with van der Waals surface area (Å²) < 4.78 is 0. The topological polar surface area (TPSA) is 40.6 Å². The van der Waals surface area contributed by atoms with E-state index in [2.05, 4.69) is 0 Å². The molecule has 0 spiro atoms. The number of carbonyl (C=O) groups excluding carboxylic acids is 2. The molecule has 0 saturated carbocycles. The normalized spacial score (nSPS) is 17.7. The average molecular weight is 226 g/mol. The Morgan fingerprint density at radius 3 is 2.12 bits per heavy atom. The molecule has 16 heavy (non-hydrogen) atoms. The Morgan fingerprint density at radius 2 is 1.75 bits per heavy atom. The Morgan fingerprint density at radius 1 is 1.25 bits per heavy atom. The molecule has 0 aliphatic carbocycles. The third kappa shape index (κ3) is 2.97. The molecule has 4 nitrogen and oxygen atoms in total. The van der Waals surface area contributed by atoms with Gasteiger partial charge >= 0.3 is 0 Å². The third-order valence-electron chi connectivity index (χ3n) is 3.31. The molecule has 0 radical (unpaired) electrons. The largest absolute Gasteiger partial charge is 0.343 e. The van der Waals surface area contributed by atoms with Crippen LogP contribution in [0.5, 0.6) is 0 Å². The van der Waals surface area contributed by atoms with Crippen LogP contribution in [0.2, 0.25) is 0 Å². The first-order valence-electron chi connectivity index (χ1n) is 5.95. The zero-order valence-electron chi connectivity index (χ0n) is 10.7. The minimum absolute atomic E-state index is 0.0714. The molecule has 0 aromatic heterocycles. The molecule has 1 heterocycles. The number of carbonyl (C=O) groups is 2. The molecule has 4 heteroatoms. The highest BCUT2D eigenvalue weighted by molar-refractivity contribution is 5.78. The van der Waals surface area contributed by atoms with Gasteiger partial charge in [0.1, 0.15) is 0 Å². The monoisotopic (exact) mass is 226 g/mol. The number of nitrogens with zero attached hydrogens (tertiary/aromatic N) is 2. The lowest BCUT2D eigenvalue weighted by atomic mass is 10.0. The van der Waals surface area contributed by atoms with Gasteiger partial charge in [-0.3, -0.25) is 9.59 Å². The van der Waals surface area contributed by atoms with Crippen LogP contribution in [0.1, 0.15) is 33.6 Å². The lowest BCUT2D eigenvalue weighted by Crippen LogP contribution is -2.47. The highest BCUT2D eigenvalue weighted by Crippen LogP contribution is 2.17. The highest BCUT2D eigenvalue weighted by Gasteiger charge is 2.26. The predicted molar refractivity (Wildman–Crippen MR) is 62.9 cm³/mol. The second-order valence-electron chi connectivity index (χ2n) is 4.84. The SMILES string of the molecule is CC(=O)N(C)C1CCN(C(=O)C(C)C)CC1. The van der Waals surface area contributed by atoms with Crippen molar-refractivity contribution in [2.75, 3.05) is 20.1 Å². The molecule has 0 unspecified atom stereocenters. The second-order valence-corrected chi connectivity index (χ2v) is 4.84. The van der Waals surface area contributed by atoms with Gasteiger partial charge in [0.2, 0.25) is 11.8 Å². The fraction of sp³-hybridized carbons (Fsp3) is 0.833. The Bertz CT molecular complexity index is 268. The van der Waals surface area contributed by atoms with Gasteiger partial charge in [0.25, 0.3) is 0 Å². The van der Waals surface area contributed by atoms with Gasteiger partial charge in [-0.05, 0) is 12.8 Å². The predicted octanol–water partition coefficient (Wildman–Crippen LogP) is 1.11. The fourth-order valence-electron chi connectivity index (χ4n) is 2.10. The van der Waals surface area contributed by atoms with Gasteiger partial charge in [0.05, 0.1) is 0 Å². The molecular formula is C12H22N2O2. The molecule has 1 aliphatic rings. The van der Waals surface area contributed by atoms with Crippen LogP contribution in [0.25, 0.3) is 0 Å². The Balaban J connectivity index is 2.45. The molecule has 2 amide bonds. The van der Waals surface area contributed by atoms with Gasteiger partial charge < -0.3 is 9.80 Å². The zero-order chi connectivity index (χ0) is 12.3. The molecule has 0 bridgehead atoms. The quantitative estimate of drug-likeness (QED) is 0.707. The van der Waals surface area contributed by atoms with E-state index in [-0.39, 0.29) is 17.7 Å². The van der Waals surface area contributed by atoms with Gasteiger partial charge in [-0.15, -0.1) is 0 Å². The number of piperidine rings is 1. The van der Waals surface area contributed by atoms with E-state index >= 15 is 0 Å². The first-order chi connectivity index (χ1) is 7.43. The number of rotatable bonds is 2. The standard InChI is InChI=1S/C12H22N2O2/c1-9(2)12(16)14-7-5-11(6-8-14)13(4)10(3)15/h9,11H,5-8H2,1-4H3. The summed E-state index contributed by atoms with van der Waals surface area (Å²) in [5, 5.41) is 0. The van der Waals surface area contributed by atoms with Crippen molar-refractivity contribution in [3.05, 3.63) is 0 Å². The Kier molecular flexibility index (Phi) is 4.33. The van der Waals surface area contributed by atoms with Gasteiger partial charge in [-0.2, -0.15) is 0 Å². The van der Waals surface area contributed by atoms with Gasteiger partial charge in [-0.1, -0.05) is 13.8 Å². The smallest absolute Gasteiger partial charge is 0.225 e. The van der Waals surface area contributed by atoms with E-state index in [0.717, 1.165) is 25.9 Å². The summed E-state index contributed by atoms with van der Waals surface area (Å²) >= 11 is 0. The molecule has 1 fully saturated rings. The van der Waals surface area contributed by atoms with Crippen LogP contribution in [-0.2, 0) is 9.59 Å². The minimum Gasteiger partial charge on any atom is -0.343 e. The average Bonchev–Trinajstić information content (AvgIpc) is 2.27. The van der Waals surface area contributed by atoms with Crippen LogP contribution >= 0.6 is 0 Å². The lowest BCUT2D eigenvalue weighted by molar-refractivity contribution is -0.137. The van der Waals surface area contributed by atoms with Crippen LogP contribution in [-0.4, -0.2) is 47.8 Å². The minimum atomic E-state index is 0.0714. The van der Waals surface area contributed by atoms with E-state index in [0.29, 0.717) is 6.04 Å². The van der Waals surface area contributed by atoms with Crippen LogP contribution in [0.3, 0.4) is 0 Å². The maximum Gasteiger partial charge on any atom is 0.225 e. The molecule has 0 aromatic rings. The number of likely N-dealkylation sites (tertiary alicyclic amines) is 1. The molecular weight excluding hydrogens is 204 g/mol. The van der Waals surface area contributed by atoms with E-state index in [1.165, 1.54) is 0 Å². The Labute approximate surface area is 97.6 Å². The summed E-state index contributed by atoms with van der Waals surface area (Å²) in [4.78, 5) is 26.7. The van der Waals surface area contributed by atoms with Crippen LogP contribution < -0.4 is 0 Å². The van der Waals surface area contributed by atoms with E-state index < -0.39 is 0 Å². The van der Waals surface area contributed by atoms with Crippen LogP contribution in [0.15, 0.2) is 0 Å². The third-order valence-corrected chi connectivity index (χ3v) is 3.31. The van der Waals surface area contributed by atoms with Crippen molar-refractivity contribution in [1.29, 1.82) is 0 Å². The molecule has 1 aliphatic heterocycles. The zero-order valence-corrected chi connectivity index (χ0v) is 10.7. The van der Waals surface area contributed by atoms with Crippen molar-refractivity contribution < 1.29 is 9.59 Å². The highest BCUT2D eigenvalue weighted by atomic mass is 16.2. The van der Waals surface area contributed by atoms with Gasteiger partial charge in [0, 0.05) is 39.0 Å². The van der Waals surface area contributed by atoms with Gasteiger partial charge in [-0.25, -0.2) is 0 Å². The van der Waals surface area contributed by atoms with Crippen molar-refractivity contribution in [3.63, 3.8) is 0 Å². The van der Waals surface area contributed by atoms with Crippen molar-refractivity contribution in [2.45, 2.75) is 39.7 Å². The summed E-state index contributed by atoms with van der Waals surface area (Å²) in [5.41, 5.74) is 0. The summed E-state index contributed by atoms with van der Waals surface area (Å²) in [7, 11) is 1.84. The van der Waals surface area contributed by atoms with E-state index in [1.54, 1.807) is 11.8 Å². The maximum absolute atomic E-state index is 11.8. The van der Waals surface area contributed by atoms with E-state index in [9.17, 15) is 9.59 Å². The fourth-order valence-corrected chi connectivity index (χ4v) is 2.10. The van der Waals surface area contributed by atoms with E-state index in [4.69, 9.17) is 0 Å². The lowest BCUT2D eigenvalue weighted by Gasteiger charge is -2.37. The summed E-state index contributed by atoms with van der Waals surface area (Å²) in [6.07, 6.45) is 1.79.